The number of hydrogen-bond donors (Lipinski definition) is 0. The van der Waals surface area contributed by atoms with Gasteiger partial charge < -0.3 is 4.74 Å². The molecule has 4 aromatic rings. The second kappa shape index (κ2) is 12.0. The standard InChI is InChI=1S/C32H34NOP/c1-4-32(5-2,29-21-12-13-22-30(29)34-24-26-16-8-6-9-17-26)35-31-25(3)15-14-18-27(31)23-33-28-19-10-7-11-20-28/h6-23,35H,4-5,24H2,1-3H3/b33-23+. The van der Waals surface area contributed by atoms with Gasteiger partial charge in [0.1, 0.15) is 12.4 Å². The molecule has 0 aliphatic carbocycles. The van der Waals surface area contributed by atoms with Gasteiger partial charge in [0, 0.05) is 22.5 Å². The van der Waals surface area contributed by atoms with Crippen molar-refractivity contribution in [3.8, 4) is 5.75 Å². The Morgan fingerprint density at radius 1 is 0.771 bits per heavy atom. The summed E-state index contributed by atoms with van der Waals surface area (Å²) in [5, 5.41) is 1.38. The fourth-order valence-corrected chi connectivity index (χ4v) is 6.21. The fraction of sp³-hybridized carbons (Fsp3) is 0.219. The van der Waals surface area contributed by atoms with E-state index in [2.05, 4.69) is 87.5 Å². The number of aliphatic imine (C=N–C) groups is 1. The summed E-state index contributed by atoms with van der Waals surface area (Å²) >= 11 is 0. The Hall–Kier alpha value is -3.22. The Bertz CT molecular complexity index is 1250. The van der Waals surface area contributed by atoms with Gasteiger partial charge in [-0.15, -0.1) is 0 Å². The van der Waals surface area contributed by atoms with Crippen molar-refractivity contribution >= 4 is 25.8 Å². The molecular weight excluding hydrogens is 445 g/mol. The lowest BCUT2D eigenvalue weighted by atomic mass is 9.92. The van der Waals surface area contributed by atoms with Crippen LogP contribution in [0.3, 0.4) is 0 Å². The predicted octanol–water partition coefficient (Wildman–Crippen LogP) is 8.34. The molecule has 4 rings (SSSR count). The quantitative estimate of drug-likeness (QED) is 0.165. The van der Waals surface area contributed by atoms with E-state index in [-0.39, 0.29) is 5.16 Å². The molecule has 0 spiro atoms. The molecule has 0 saturated heterocycles. The molecule has 0 radical (unpaired) electrons. The van der Waals surface area contributed by atoms with E-state index in [9.17, 15) is 0 Å². The van der Waals surface area contributed by atoms with Crippen molar-refractivity contribution in [1.82, 2.24) is 0 Å². The third kappa shape index (κ3) is 6.08. The van der Waals surface area contributed by atoms with Gasteiger partial charge in [0.2, 0.25) is 0 Å². The van der Waals surface area contributed by atoms with Crippen molar-refractivity contribution in [2.24, 2.45) is 4.99 Å². The highest BCUT2D eigenvalue weighted by Gasteiger charge is 2.33. The van der Waals surface area contributed by atoms with Gasteiger partial charge in [0.15, 0.2) is 0 Å². The SMILES string of the molecule is CCC(CC)(Pc1c(C)cccc1/C=N/c1ccccc1)c1ccccc1OCc1ccccc1. The van der Waals surface area contributed by atoms with Crippen LogP contribution in [0.15, 0.2) is 108 Å². The van der Waals surface area contributed by atoms with Gasteiger partial charge in [-0.25, -0.2) is 0 Å². The molecule has 2 nitrogen and oxygen atoms in total. The van der Waals surface area contributed by atoms with Gasteiger partial charge >= 0.3 is 0 Å². The van der Waals surface area contributed by atoms with Crippen molar-refractivity contribution in [3.05, 3.63) is 125 Å². The smallest absolute Gasteiger partial charge is 0.123 e. The molecule has 0 aromatic heterocycles. The predicted molar refractivity (Wildman–Crippen MR) is 152 cm³/mol. The van der Waals surface area contributed by atoms with Crippen LogP contribution in [0.25, 0.3) is 0 Å². The van der Waals surface area contributed by atoms with E-state index in [0.29, 0.717) is 15.2 Å². The van der Waals surface area contributed by atoms with E-state index in [4.69, 9.17) is 9.73 Å². The van der Waals surface area contributed by atoms with Crippen molar-refractivity contribution in [3.63, 3.8) is 0 Å². The van der Waals surface area contributed by atoms with E-state index < -0.39 is 0 Å². The van der Waals surface area contributed by atoms with Gasteiger partial charge in [-0.1, -0.05) is 107 Å². The zero-order chi connectivity index (χ0) is 24.5. The van der Waals surface area contributed by atoms with Crippen LogP contribution in [-0.2, 0) is 11.8 Å². The maximum atomic E-state index is 6.41. The van der Waals surface area contributed by atoms with Crippen LogP contribution in [0.2, 0.25) is 0 Å². The van der Waals surface area contributed by atoms with Crippen LogP contribution in [0.5, 0.6) is 5.75 Å². The molecule has 0 amide bonds. The van der Waals surface area contributed by atoms with E-state index in [0.717, 1.165) is 24.3 Å². The lowest BCUT2D eigenvalue weighted by Crippen LogP contribution is -2.25. The summed E-state index contributed by atoms with van der Waals surface area (Å²) in [7, 11) is 0.605. The summed E-state index contributed by atoms with van der Waals surface area (Å²) in [5.74, 6) is 0.987. The Morgan fingerprint density at radius 3 is 2.14 bits per heavy atom. The largest absolute Gasteiger partial charge is 0.489 e. The average Bonchev–Trinajstić information content (AvgIpc) is 2.92. The Balaban J connectivity index is 1.68. The summed E-state index contributed by atoms with van der Waals surface area (Å²) in [4.78, 5) is 4.77. The van der Waals surface area contributed by atoms with E-state index in [1.54, 1.807) is 0 Å². The molecule has 1 unspecified atom stereocenters. The highest BCUT2D eigenvalue weighted by Crippen LogP contribution is 2.50. The van der Waals surface area contributed by atoms with Crippen molar-refractivity contribution in [2.45, 2.75) is 45.4 Å². The number of hydrogen-bond acceptors (Lipinski definition) is 2. The van der Waals surface area contributed by atoms with E-state index in [1.165, 1.54) is 27.6 Å². The van der Waals surface area contributed by atoms with Crippen molar-refractivity contribution in [1.29, 1.82) is 0 Å². The third-order valence-corrected chi connectivity index (χ3v) is 9.01. The van der Waals surface area contributed by atoms with Crippen LogP contribution in [0, 0.1) is 6.92 Å². The van der Waals surface area contributed by atoms with E-state index >= 15 is 0 Å². The van der Waals surface area contributed by atoms with Gasteiger partial charge in [0.25, 0.3) is 0 Å². The summed E-state index contributed by atoms with van der Waals surface area (Å²) in [6.45, 7) is 7.40. The molecule has 0 heterocycles. The van der Waals surface area contributed by atoms with Gasteiger partial charge in [-0.05, 0) is 54.4 Å². The van der Waals surface area contributed by atoms with Crippen LogP contribution in [-0.4, -0.2) is 6.21 Å². The molecular formula is C32H34NOP. The van der Waals surface area contributed by atoms with Gasteiger partial charge in [0.05, 0.1) is 5.69 Å². The monoisotopic (exact) mass is 479 g/mol. The second-order valence-electron chi connectivity index (χ2n) is 8.82. The highest BCUT2D eigenvalue weighted by atomic mass is 31.1. The maximum absolute atomic E-state index is 6.41. The number of ether oxygens (including phenoxy) is 1. The lowest BCUT2D eigenvalue weighted by Gasteiger charge is -2.35. The molecule has 0 saturated carbocycles. The summed E-state index contributed by atoms with van der Waals surface area (Å²) < 4.78 is 6.41. The molecule has 0 aliphatic heterocycles. The zero-order valence-corrected chi connectivity index (χ0v) is 21.9. The molecule has 0 N–H and O–H groups in total. The Morgan fingerprint density at radius 2 is 1.43 bits per heavy atom. The molecule has 35 heavy (non-hydrogen) atoms. The summed E-state index contributed by atoms with van der Waals surface area (Å²) in [6, 6.07) is 35.7. The van der Waals surface area contributed by atoms with Gasteiger partial charge in [-0.3, -0.25) is 4.99 Å². The van der Waals surface area contributed by atoms with Crippen LogP contribution in [0.1, 0.15) is 48.9 Å². The fourth-order valence-electron chi connectivity index (χ4n) is 4.46. The molecule has 4 aromatic carbocycles. The Kier molecular flexibility index (Phi) is 8.50. The number of rotatable bonds is 10. The number of aryl methyl sites for hydroxylation is 1. The molecule has 0 aliphatic rings. The molecule has 3 heteroatoms. The zero-order valence-electron chi connectivity index (χ0n) is 20.9. The van der Waals surface area contributed by atoms with Crippen LogP contribution >= 0.6 is 8.58 Å². The number of benzene rings is 4. The minimum absolute atomic E-state index is 0.00523. The first-order valence-electron chi connectivity index (χ1n) is 12.4. The van der Waals surface area contributed by atoms with Gasteiger partial charge in [-0.2, -0.15) is 0 Å². The third-order valence-electron chi connectivity index (χ3n) is 6.63. The highest BCUT2D eigenvalue weighted by molar-refractivity contribution is 7.49. The maximum Gasteiger partial charge on any atom is 0.123 e. The number of para-hydroxylation sites is 2. The molecule has 0 bridgehead atoms. The average molecular weight is 480 g/mol. The first-order chi connectivity index (χ1) is 17.1. The summed E-state index contributed by atoms with van der Waals surface area (Å²) in [5.41, 5.74) is 5.96. The minimum atomic E-state index is -0.00523. The normalized spacial score (nSPS) is 12.0. The van der Waals surface area contributed by atoms with Crippen LogP contribution in [0.4, 0.5) is 5.69 Å². The summed E-state index contributed by atoms with van der Waals surface area (Å²) in [6.07, 6.45) is 4.10. The van der Waals surface area contributed by atoms with Crippen molar-refractivity contribution < 1.29 is 4.74 Å². The first kappa shape index (κ1) is 24.9. The minimum Gasteiger partial charge on any atom is -0.489 e. The Labute approximate surface area is 211 Å². The second-order valence-corrected chi connectivity index (χ2v) is 10.5. The van der Waals surface area contributed by atoms with Crippen molar-refractivity contribution in [2.75, 3.05) is 0 Å². The molecule has 0 fully saturated rings. The first-order valence-corrected chi connectivity index (χ1v) is 13.4. The number of nitrogens with zero attached hydrogens (tertiary/aromatic N) is 1. The van der Waals surface area contributed by atoms with Crippen LogP contribution < -0.4 is 10.0 Å². The molecule has 178 valence electrons. The lowest BCUT2D eigenvalue weighted by molar-refractivity contribution is 0.298. The topological polar surface area (TPSA) is 21.6 Å². The van der Waals surface area contributed by atoms with E-state index in [1.807, 2.05) is 42.6 Å². The molecule has 1 atom stereocenters.